The van der Waals surface area contributed by atoms with Crippen LogP contribution in [0.25, 0.3) is 0 Å². The number of rotatable bonds is 7. The van der Waals surface area contributed by atoms with E-state index < -0.39 is 7.12 Å². The van der Waals surface area contributed by atoms with Crippen LogP contribution in [0, 0.1) is 0 Å². The Morgan fingerprint density at radius 1 is 1.38 bits per heavy atom. The fourth-order valence-corrected chi connectivity index (χ4v) is 2.65. The van der Waals surface area contributed by atoms with Crippen molar-refractivity contribution in [1.29, 1.82) is 0 Å². The summed E-state index contributed by atoms with van der Waals surface area (Å²) in [5.74, 6) is 1.34. The smallest absolute Gasteiger partial charge is 0.488 e. The van der Waals surface area contributed by atoms with Crippen LogP contribution in [-0.2, 0) is 0 Å². The fourth-order valence-electron chi connectivity index (χ4n) is 1.89. The summed E-state index contributed by atoms with van der Waals surface area (Å²) in [6, 6.07) is 7.22. The molecule has 0 amide bonds. The number of aromatic nitrogens is 4. The Labute approximate surface area is 126 Å². The molecule has 0 saturated heterocycles. The molecule has 1 fully saturated rings. The highest BCUT2D eigenvalue weighted by atomic mass is 32.2. The first-order valence-corrected chi connectivity index (χ1v) is 7.72. The van der Waals surface area contributed by atoms with Crippen molar-refractivity contribution in [2.75, 3.05) is 12.4 Å². The van der Waals surface area contributed by atoms with E-state index in [1.807, 2.05) is 4.68 Å². The van der Waals surface area contributed by atoms with Gasteiger partial charge in [-0.2, -0.15) is 0 Å². The second-order valence-electron chi connectivity index (χ2n) is 4.78. The predicted octanol–water partition coefficient (Wildman–Crippen LogP) is -0.141. The maximum absolute atomic E-state index is 9.10. The van der Waals surface area contributed by atoms with Crippen LogP contribution in [0.3, 0.4) is 0 Å². The largest absolute Gasteiger partial charge is 0.493 e. The molecule has 1 heterocycles. The van der Waals surface area contributed by atoms with E-state index in [0.29, 0.717) is 23.9 Å². The molecule has 2 N–H and O–H groups in total. The molecule has 0 bridgehead atoms. The van der Waals surface area contributed by atoms with Crippen LogP contribution in [0.2, 0.25) is 0 Å². The molecule has 9 heteroatoms. The minimum atomic E-state index is -1.48. The standard InChI is InChI=1S/C12H15BN4O3S/c18-13(19)9-2-1-3-11(8-9)20-6-7-21-12-14-15-16-17(12)10-4-5-10/h1-3,8,10,18-19H,4-7H2. The molecule has 0 atom stereocenters. The normalized spacial score (nSPS) is 14.2. The molecule has 0 unspecified atom stereocenters. The summed E-state index contributed by atoms with van der Waals surface area (Å²) in [5, 5.41) is 30.7. The molecule has 3 rings (SSSR count). The summed E-state index contributed by atoms with van der Waals surface area (Å²) >= 11 is 1.55. The molecule has 110 valence electrons. The molecule has 2 aromatic rings. The van der Waals surface area contributed by atoms with Gasteiger partial charge in [-0.15, -0.1) is 5.10 Å². The van der Waals surface area contributed by atoms with E-state index in [0.717, 1.165) is 23.8 Å². The summed E-state index contributed by atoms with van der Waals surface area (Å²) in [4.78, 5) is 0. The van der Waals surface area contributed by atoms with Crippen LogP contribution >= 0.6 is 11.8 Å². The van der Waals surface area contributed by atoms with Crippen molar-refractivity contribution >= 4 is 24.3 Å². The van der Waals surface area contributed by atoms with E-state index in [1.165, 1.54) is 0 Å². The second-order valence-corrected chi connectivity index (χ2v) is 5.84. The average molecular weight is 306 g/mol. The van der Waals surface area contributed by atoms with Crippen molar-refractivity contribution < 1.29 is 14.8 Å². The van der Waals surface area contributed by atoms with Crippen LogP contribution in [0.1, 0.15) is 18.9 Å². The quantitative estimate of drug-likeness (QED) is 0.418. The Morgan fingerprint density at radius 3 is 3.00 bits per heavy atom. The Kier molecular flexibility index (Phi) is 4.42. The molecule has 0 radical (unpaired) electrons. The fraction of sp³-hybridized carbons (Fsp3) is 0.417. The molecule has 21 heavy (non-hydrogen) atoms. The number of hydrogen-bond acceptors (Lipinski definition) is 7. The van der Waals surface area contributed by atoms with Gasteiger partial charge >= 0.3 is 7.12 Å². The molecule has 1 aromatic carbocycles. The van der Waals surface area contributed by atoms with E-state index in [2.05, 4.69) is 15.5 Å². The summed E-state index contributed by atoms with van der Waals surface area (Å²) < 4.78 is 7.46. The van der Waals surface area contributed by atoms with Gasteiger partial charge in [-0.3, -0.25) is 0 Å². The van der Waals surface area contributed by atoms with Crippen molar-refractivity contribution in [3.8, 4) is 5.75 Å². The lowest BCUT2D eigenvalue weighted by Gasteiger charge is -2.07. The highest BCUT2D eigenvalue weighted by molar-refractivity contribution is 7.99. The third-order valence-corrected chi connectivity index (χ3v) is 3.99. The van der Waals surface area contributed by atoms with Crippen LogP contribution in [-0.4, -0.2) is 49.7 Å². The van der Waals surface area contributed by atoms with Gasteiger partial charge in [-0.05, 0) is 40.9 Å². The zero-order valence-corrected chi connectivity index (χ0v) is 12.1. The van der Waals surface area contributed by atoms with Gasteiger partial charge < -0.3 is 14.8 Å². The first-order valence-electron chi connectivity index (χ1n) is 6.73. The Morgan fingerprint density at radius 2 is 2.24 bits per heavy atom. The van der Waals surface area contributed by atoms with E-state index in [9.17, 15) is 0 Å². The zero-order chi connectivity index (χ0) is 14.7. The molecule has 1 aliphatic rings. The molecule has 1 aliphatic carbocycles. The first-order chi connectivity index (χ1) is 10.2. The SMILES string of the molecule is OB(O)c1cccc(OCCSc2nnnn2C2CC2)c1. The average Bonchev–Trinajstić information content (AvgIpc) is 3.23. The monoisotopic (exact) mass is 306 g/mol. The van der Waals surface area contributed by atoms with Crippen molar-refractivity contribution in [1.82, 2.24) is 20.2 Å². The Bertz CT molecular complexity index is 606. The predicted molar refractivity (Wildman–Crippen MR) is 78.6 cm³/mol. The van der Waals surface area contributed by atoms with Gasteiger partial charge in [0.25, 0.3) is 0 Å². The molecule has 0 aliphatic heterocycles. The lowest BCUT2D eigenvalue weighted by atomic mass is 9.80. The number of benzene rings is 1. The summed E-state index contributed by atoms with van der Waals surface area (Å²) in [7, 11) is -1.48. The minimum Gasteiger partial charge on any atom is -0.493 e. The lowest BCUT2D eigenvalue weighted by molar-refractivity contribution is 0.343. The van der Waals surface area contributed by atoms with Crippen LogP contribution < -0.4 is 10.2 Å². The van der Waals surface area contributed by atoms with Gasteiger partial charge in [-0.1, -0.05) is 23.9 Å². The molecule has 1 saturated carbocycles. The van der Waals surface area contributed by atoms with E-state index in [1.54, 1.807) is 36.0 Å². The number of nitrogens with zero attached hydrogens (tertiary/aromatic N) is 4. The van der Waals surface area contributed by atoms with Crippen molar-refractivity contribution in [3.05, 3.63) is 24.3 Å². The highest BCUT2D eigenvalue weighted by Crippen LogP contribution is 2.36. The molecular formula is C12H15BN4O3S. The number of thioether (sulfide) groups is 1. The van der Waals surface area contributed by atoms with E-state index in [4.69, 9.17) is 14.8 Å². The number of ether oxygens (including phenoxy) is 1. The van der Waals surface area contributed by atoms with Crippen molar-refractivity contribution in [3.63, 3.8) is 0 Å². The number of tetrazole rings is 1. The van der Waals surface area contributed by atoms with Crippen molar-refractivity contribution in [2.45, 2.75) is 24.0 Å². The van der Waals surface area contributed by atoms with Gasteiger partial charge in [0.15, 0.2) is 0 Å². The maximum Gasteiger partial charge on any atom is 0.488 e. The second kappa shape index (κ2) is 6.46. The van der Waals surface area contributed by atoms with Gasteiger partial charge in [-0.25, -0.2) is 4.68 Å². The Hall–Kier alpha value is -1.58. The van der Waals surface area contributed by atoms with Gasteiger partial charge in [0.2, 0.25) is 5.16 Å². The van der Waals surface area contributed by atoms with E-state index in [-0.39, 0.29) is 0 Å². The molecule has 1 aromatic heterocycles. The van der Waals surface area contributed by atoms with Crippen molar-refractivity contribution in [2.24, 2.45) is 0 Å². The first kappa shape index (κ1) is 14.4. The molecular weight excluding hydrogens is 291 g/mol. The summed E-state index contributed by atoms with van der Waals surface area (Å²) in [6.07, 6.45) is 2.29. The topological polar surface area (TPSA) is 93.3 Å². The third kappa shape index (κ3) is 3.75. The van der Waals surface area contributed by atoms with Crippen LogP contribution in [0.4, 0.5) is 0 Å². The van der Waals surface area contributed by atoms with Gasteiger partial charge in [0.05, 0.1) is 12.6 Å². The third-order valence-electron chi connectivity index (χ3n) is 3.09. The lowest BCUT2D eigenvalue weighted by Crippen LogP contribution is -2.29. The van der Waals surface area contributed by atoms with Gasteiger partial charge in [0, 0.05) is 5.75 Å². The highest BCUT2D eigenvalue weighted by Gasteiger charge is 2.27. The van der Waals surface area contributed by atoms with E-state index >= 15 is 0 Å². The van der Waals surface area contributed by atoms with Crippen LogP contribution in [0.5, 0.6) is 5.75 Å². The zero-order valence-electron chi connectivity index (χ0n) is 11.3. The van der Waals surface area contributed by atoms with Gasteiger partial charge in [0.1, 0.15) is 5.75 Å². The maximum atomic E-state index is 9.10. The molecule has 0 spiro atoms. The molecule has 7 nitrogen and oxygen atoms in total. The summed E-state index contributed by atoms with van der Waals surface area (Å²) in [6.45, 7) is 0.493. The van der Waals surface area contributed by atoms with Crippen LogP contribution in [0.15, 0.2) is 29.4 Å². The number of hydrogen-bond donors (Lipinski definition) is 2. The summed E-state index contributed by atoms with van der Waals surface area (Å²) in [5.41, 5.74) is 0.415. The minimum absolute atomic E-state index is 0.415. The Balaban J connectivity index is 1.47.